The van der Waals surface area contributed by atoms with Crippen molar-refractivity contribution >= 4 is 0 Å². The quantitative estimate of drug-likeness (QED) is 0.651. The average molecular weight is 189 g/mol. The van der Waals surface area contributed by atoms with Crippen LogP contribution in [0.4, 0.5) is 13.2 Å². The molecule has 1 aromatic heterocycles. The number of hydrogen-bond donors (Lipinski definition) is 1. The fourth-order valence-electron chi connectivity index (χ4n) is 0.619. The van der Waals surface area contributed by atoms with Gasteiger partial charge in [0.1, 0.15) is 11.6 Å². The van der Waals surface area contributed by atoms with Crippen LogP contribution in [0.3, 0.4) is 0 Å². The lowest BCUT2D eigenvalue weighted by atomic mass is 10.4. The number of nitrogens with one attached hydrogen (secondary N) is 1. The van der Waals surface area contributed by atoms with Gasteiger partial charge in [-0.3, -0.25) is 4.79 Å². The van der Waals surface area contributed by atoms with Crippen molar-refractivity contribution < 1.29 is 13.2 Å². The first-order valence-corrected chi connectivity index (χ1v) is 3.02. The van der Waals surface area contributed by atoms with Crippen molar-refractivity contribution in [1.82, 2.24) is 9.97 Å². The second-order valence-corrected chi connectivity index (χ2v) is 2.08. The summed E-state index contributed by atoms with van der Waals surface area (Å²) in [5.74, 6) is -1.41. The fourth-order valence-corrected chi connectivity index (χ4v) is 0.619. The molecule has 1 heterocycles. The molecule has 0 atom stereocenters. The SMILES string of the molecule is N#Cc1cnc(C(F)(F)F)[nH]c1=O. The number of H-pyrrole nitrogens is 1. The highest BCUT2D eigenvalue weighted by Gasteiger charge is 2.34. The Kier molecular flexibility index (Phi) is 2.06. The summed E-state index contributed by atoms with van der Waals surface area (Å²) in [6, 6.07) is 1.40. The van der Waals surface area contributed by atoms with Crippen LogP contribution >= 0.6 is 0 Å². The van der Waals surface area contributed by atoms with Crippen LogP contribution in [0.2, 0.25) is 0 Å². The monoisotopic (exact) mass is 189 g/mol. The maximum Gasteiger partial charge on any atom is 0.449 e. The van der Waals surface area contributed by atoms with E-state index < -0.39 is 23.1 Å². The Labute approximate surface area is 69.7 Å². The van der Waals surface area contributed by atoms with Gasteiger partial charge in [-0.05, 0) is 0 Å². The van der Waals surface area contributed by atoms with E-state index in [1.165, 1.54) is 11.1 Å². The largest absolute Gasteiger partial charge is 0.449 e. The molecule has 0 saturated heterocycles. The van der Waals surface area contributed by atoms with Gasteiger partial charge in [-0.2, -0.15) is 18.4 Å². The standard InChI is InChI=1S/C6H2F3N3O/c7-6(8,9)5-11-2-3(1-10)4(13)12-5/h2H,(H,11,12,13). The smallest absolute Gasteiger partial charge is 0.302 e. The molecular weight excluding hydrogens is 187 g/mol. The van der Waals surface area contributed by atoms with Gasteiger partial charge >= 0.3 is 6.18 Å². The molecule has 0 fully saturated rings. The molecule has 0 aliphatic carbocycles. The predicted octanol–water partition coefficient (Wildman–Crippen LogP) is 0.660. The highest BCUT2D eigenvalue weighted by molar-refractivity contribution is 5.22. The predicted molar refractivity (Wildman–Crippen MR) is 34.6 cm³/mol. The number of rotatable bonds is 0. The number of hydrogen-bond acceptors (Lipinski definition) is 3. The Morgan fingerprint density at radius 1 is 1.54 bits per heavy atom. The topological polar surface area (TPSA) is 69.5 Å². The molecule has 7 heteroatoms. The molecule has 0 radical (unpaired) electrons. The summed E-state index contributed by atoms with van der Waals surface area (Å²) in [4.78, 5) is 15.0. The summed E-state index contributed by atoms with van der Waals surface area (Å²) in [6.07, 6.45) is -4.12. The summed E-state index contributed by atoms with van der Waals surface area (Å²) in [5, 5.41) is 8.22. The maximum absolute atomic E-state index is 11.9. The molecule has 0 amide bonds. The molecule has 13 heavy (non-hydrogen) atoms. The second kappa shape index (κ2) is 2.90. The van der Waals surface area contributed by atoms with E-state index in [4.69, 9.17) is 5.26 Å². The summed E-state index contributed by atoms with van der Waals surface area (Å²) >= 11 is 0. The van der Waals surface area contributed by atoms with E-state index in [0.717, 1.165) is 0 Å². The van der Waals surface area contributed by atoms with Crippen LogP contribution in [0.1, 0.15) is 11.4 Å². The van der Waals surface area contributed by atoms with Crippen LogP contribution in [-0.2, 0) is 6.18 Å². The fraction of sp³-hybridized carbons (Fsp3) is 0.167. The highest BCUT2D eigenvalue weighted by atomic mass is 19.4. The zero-order valence-electron chi connectivity index (χ0n) is 6.01. The number of nitriles is 1. The Bertz CT molecular complexity index is 414. The lowest BCUT2D eigenvalue weighted by molar-refractivity contribution is -0.145. The maximum atomic E-state index is 11.9. The zero-order valence-corrected chi connectivity index (χ0v) is 6.01. The van der Waals surface area contributed by atoms with Crippen molar-refractivity contribution in [2.45, 2.75) is 6.18 Å². The van der Waals surface area contributed by atoms with E-state index in [1.54, 1.807) is 0 Å². The van der Waals surface area contributed by atoms with Gasteiger partial charge in [-0.25, -0.2) is 4.98 Å². The molecule has 0 aliphatic rings. The number of halogens is 3. The zero-order chi connectivity index (χ0) is 10.1. The lowest BCUT2D eigenvalue weighted by Crippen LogP contribution is -2.20. The summed E-state index contributed by atoms with van der Waals surface area (Å²) in [6.45, 7) is 0. The molecule has 0 aliphatic heterocycles. The van der Waals surface area contributed by atoms with Crippen molar-refractivity contribution in [3.05, 3.63) is 27.9 Å². The molecule has 0 aromatic carbocycles. The second-order valence-electron chi connectivity index (χ2n) is 2.08. The van der Waals surface area contributed by atoms with Crippen molar-refractivity contribution in [3.8, 4) is 6.07 Å². The van der Waals surface area contributed by atoms with Gasteiger partial charge in [0, 0.05) is 0 Å². The third kappa shape index (κ3) is 1.84. The molecule has 0 unspecified atom stereocenters. The summed E-state index contributed by atoms with van der Waals surface area (Å²) < 4.78 is 35.7. The molecule has 0 saturated carbocycles. The van der Waals surface area contributed by atoms with E-state index >= 15 is 0 Å². The van der Waals surface area contributed by atoms with Crippen molar-refractivity contribution in [2.24, 2.45) is 0 Å². The minimum absolute atomic E-state index is 0.451. The Balaban J connectivity index is 3.28. The van der Waals surface area contributed by atoms with E-state index in [-0.39, 0.29) is 0 Å². The van der Waals surface area contributed by atoms with Crippen LogP contribution in [-0.4, -0.2) is 9.97 Å². The number of nitrogens with zero attached hydrogens (tertiary/aromatic N) is 2. The molecule has 1 rings (SSSR count). The Morgan fingerprint density at radius 2 is 2.15 bits per heavy atom. The number of aromatic amines is 1. The Morgan fingerprint density at radius 3 is 2.54 bits per heavy atom. The third-order valence-corrected chi connectivity index (χ3v) is 1.19. The molecule has 0 bridgehead atoms. The molecule has 1 aromatic rings. The van der Waals surface area contributed by atoms with E-state index in [0.29, 0.717) is 6.20 Å². The number of aromatic nitrogens is 2. The number of alkyl halides is 3. The van der Waals surface area contributed by atoms with Crippen LogP contribution in [0.5, 0.6) is 0 Å². The van der Waals surface area contributed by atoms with Gasteiger partial charge in [0.15, 0.2) is 0 Å². The van der Waals surface area contributed by atoms with Crippen LogP contribution < -0.4 is 5.56 Å². The van der Waals surface area contributed by atoms with Gasteiger partial charge in [0.2, 0.25) is 5.82 Å². The van der Waals surface area contributed by atoms with E-state index in [2.05, 4.69) is 4.98 Å². The molecule has 4 nitrogen and oxygen atoms in total. The van der Waals surface area contributed by atoms with Crippen LogP contribution in [0.25, 0.3) is 0 Å². The minimum atomic E-state index is -4.70. The molecule has 0 spiro atoms. The Hall–Kier alpha value is -1.84. The van der Waals surface area contributed by atoms with Crippen molar-refractivity contribution in [3.63, 3.8) is 0 Å². The first-order chi connectivity index (χ1) is 5.95. The first kappa shape index (κ1) is 9.25. The first-order valence-electron chi connectivity index (χ1n) is 3.02. The highest BCUT2D eigenvalue weighted by Crippen LogP contribution is 2.24. The van der Waals surface area contributed by atoms with Gasteiger partial charge in [-0.1, -0.05) is 0 Å². The van der Waals surface area contributed by atoms with Gasteiger partial charge in [0.25, 0.3) is 5.56 Å². The normalized spacial score (nSPS) is 10.9. The van der Waals surface area contributed by atoms with E-state index in [9.17, 15) is 18.0 Å². The summed E-state index contributed by atoms with van der Waals surface area (Å²) in [7, 11) is 0. The minimum Gasteiger partial charge on any atom is -0.302 e. The van der Waals surface area contributed by atoms with Crippen molar-refractivity contribution in [2.75, 3.05) is 0 Å². The van der Waals surface area contributed by atoms with Crippen LogP contribution in [0.15, 0.2) is 11.0 Å². The average Bonchev–Trinajstić information content (AvgIpc) is 2.02. The van der Waals surface area contributed by atoms with Gasteiger partial charge in [-0.15, -0.1) is 0 Å². The van der Waals surface area contributed by atoms with Crippen molar-refractivity contribution in [1.29, 1.82) is 5.26 Å². The van der Waals surface area contributed by atoms with Crippen LogP contribution in [0, 0.1) is 11.3 Å². The van der Waals surface area contributed by atoms with Gasteiger partial charge < -0.3 is 4.98 Å². The third-order valence-electron chi connectivity index (χ3n) is 1.19. The molecule has 68 valence electrons. The lowest BCUT2D eigenvalue weighted by Gasteiger charge is -2.03. The summed E-state index contributed by atoms with van der Waals surface area (Å²) in [5.41, 5.74) is -1.54. The van der Waals surface area contributed by atoms with Gasteiger partial charge in [0.05, 0.1) is 6.20 Å². The molecular formula is C6H2F3N3O. The molecule has 1 N–H and O–H groups in total. The van der Waals surface area contributed by atoms with E-state index in [1.807, 2.05) is 0 Å².